The molecule has 0 saturated heterocycles. The highest BCUT2D eigenvalue weighted by Crippen LogP contribution is 2.37. The van der Waals surface area contributed by atoms with Crippen LogP contribution in [-0.2, 0) is 0 Å². The summed E-state index contributed by atoms with van der Waals surface area (Å²) in [5.74, 6) is 0. The fourth-order valence-electron chi connectivity index (χ4n) is 3.49. The summed E-state index contributed by atoms with van der Waals surface area (Å²) in [6.45, 7) is 14.6. The van der Waals surface area contributed by atoms with Crippen molar-refractivity contribution in [2.24, 2.45) is 0 Å². The molecule has 0 fully saturated rings. The van der Waals surface area contributed by atoms with E-state index in [2.05, 4.69) is 50.9 Å². The van der Waals surface area contributed by atoms with Crippen molar-refractivity contribution < 1.29 is 4.42 Å². The average Bonchev–Trinajstić information content (AvgIpc) is 3.00. The van der Waals surface area contributed by atoms with Crippen LogP contribution in [0.3, 0.4) is 0 Å². The first-order valence-corrected chi connectivity index (χ1v) is 8.20. The summed E-state index contributed by atoms with van der Waals surface area (Å²) < 4.78 is 5.35. The molecule has 0 amide bonds. The van der Waals surface area contributed by atoms with Crippen LogP contribution >= 0.6 is 0 Å². The monoisotopic (exact) mass is 280 g/mol. The van der Waals surface area contributed by atoms with Crippen molar-refractivity contribution >= 4 is 0 Å². The third-order valence-electron chi connectivity index (χ3n) is 4.63. The third-order valence-corrected chi connectivity index (χ3v) is 4.63. The van der Waals surface area contributed by atoms with E-state index >= 15 is 0 Å². The van der Waals surface area contributed by atoms with Gasteiger partial charge in [-0.3, -0.25) is 4.90 Å². The molecule has 1 heterocycles. The summed E-state index contributed by atoms with van der Waals surface area (Å²) >= 11 is 0. The van der Waals surface area contributed by atoms with Crippen molar-refractivity contribution in [3.63, 3.8) is 0 Å². The smallest absolute Gasteiger partial charge is 0.0951 e. The minimum absolute atomic E-state index is 0.155. The van der Waals surface area contributed by atoms with Gasteiger partial charge < -0.3 is 9.73 Å². The number of likely N-dealkylation sites (N-methyl/N-ethyl adjacent to an activating group) is 1. The van der Waals surface area contributed by atoms with E-state index in [1.807, 2.05) is 6.26 Å². The molecule has 1 aromatic rings. The Kier molecular flexibility index (Phi) is 7.31. The van der Waals surface area contributed by atoms with Crippen LogP contribution in [0.25, 0.3) is 0 Å². The Morgan fingerprint density at radius 1 is 1.15 bits per heavy atom. The van der Waals surface area contributed by atoms with Gasteiger partial charge in [0.2, 0.25) is 0 Å². The zero-order valence-electron chi connectivity index (χ0n) is 13.9. The van der Waals surface area contributed by atoms with Gasteiger partial charge in [0.05, 0.1) is 18.6 Å². The van der Waals surface area contributed by atoms with Crippen LogP contribution in [0.15, 0.2) is 23.0 Å². The molecule has 20 heavy (non-hydrogen) atoms. The fraction of sp³-hybridized carbons (Fsp3) is 0.765. The van der Waals surface area contributed by atoms with E-state index in [0.29, 0.717) is 6.04 Å². The van der Waals surface area contributed by atoms with Crippen LogP contribution in [0.2, 0.25) is 0 Å². The van der Waals surface area contributed by atoms with Crippen molar-refractivity contribution in [3.8, 4) is 0 Å². The number of nitrogens with one attached hydrogen (secondary N) is 1. The number of nitrogens with zero attached hydrogens (tertiary/aromatic N) is 1. The second-order valence-electron chi connectivity index (χ2n) is 5.43. The predicted molar refractivity (Wildman–Crippen MR) is 86.0 cm³/mol. The van der Waals surface area contributed by atoms with Gasteiger partial charge in [0, 0.05) is 11.1 Å². The van der Waals surface area contributed by atoms with Gasteiger partial charge in [0.15, 0.2) is 0 Å². The van der Waals surface area contributed by atoms with Gasteiger partial charge in [-0.15, -0.1) is 0 Å². The summed E-state index contributed by atoms with van der Waals surface area (Å²) in [7, 11) is 0. The van der Waals surface area contributed by atoms with E-state index in [-0.39, 0.29) is 5.54 Å². The molecule has 0 bridgehead atoms. The Balaban J connectivity index is 3.15. The molecule has 1 N–H and O–H groups in total. The van der Waals surface area contributed by atoms with E-state index in [1.54, 1.807) is 6.26 Å². The number of furan rings is 1. The second kappa shape index (κ2) is 8.48. The second-order valence-corrected chi connectivity index (χ2v) is 5.43. The summed E-state index contributed by atoms with van der Waals surface area (Å²) in [6, 6.07) is 2.44. The molecule has 0 radical (unpaired) electrons. The first-order chi connectivity index (χ1) is 9.69. The van der Waals surface area contributed by atoms with E-state index < -0.39 is 0 Å². The molecule has 3 heteroatoms. The molecule has 0 aromatic carbocycles. The molecular weight excluding hydrogens is 248 g/mol. The van der Waals surface area contributed by atoms with E-state index in [1.165, 1.54) is 5.56 Å². The average molecular weight is 280 g/mol. The molecule has 1 aromatic heterocycles. The summed E-state index contributed by atoms with van der Waals surface area (Å²) in [4.78, 5) is 2.60. The van der Waals surface area contributed by atoms with Crippen LogP contribution in [-0.4, -0.2) is 30.1 Å². The molecule has 0 aliphatic carbocycles. The molecule has 0 spiro atoms. The molecule has 1 rings (SSSR count). The van der Waals surface area contributed by atoms with Crippen LogP contribution < -0.4 is 5.32 Å². The van der Waals surface area contributed by atoms with Gasteiger partial charge in [-0.2, -0.15) is 0 Å². The zero-order valence-corrected chi connectivity index (χ0v) is 13.9. The normalized spacial score (nSPS) is 13.9. The predicted octanol–water partition coefficient (Wildman–Crippen LogP) is 4.22. The van der Waals surface area contributed by atoms with Crippen molar-refractivity contribution in [3.05, 3.63) is 24.2 Å². The van der Waals surface area contributed by atoms with Crippen molar-refractivity contribution in [1.82, 2.24) is 10.2 Å². The standard InChI is InChI=1S/C17H32N2O/c1-6-12-18-16(15-11-13-20-14-15)17(7-2,8-3)19(9-4)10-5/h11,13-14,16,18H,6-10,12H2,1-5H3. The lowest BCUT2D eigenvalue weighted by Gasteiger charge is -2.48. The van der Waals surface area contributed by atoms with Crippen LogP contribution in [0.1, 0.15) is 65.5 Å². The van der Waals surface area contributed by atoms with Crippen molar-refractivity contribution in [1.29, 1.82) is 0 Å². The lowest BCUT2D eigenvalue weighted by molar-refractivity contribution is 0.0485. The summed E-state index contributed by atoms with van der Waals surface area (Å²) in [5.41, 5.74) is 1.43. The van der Waals surface area contributed by atoms with Gasteiger partial charge in [-0.05, 0) is 45.0 Å². The summed E-state index contributed by atoms with van der Waals surface area (Å²) in [5, 5.41) is 3.76. The molecule has 0 aliphatic heterocycles. The molecule has 0 aliphatic rings. The quantitative estimate of drug-likeness (QED) is 0.695. The minimum atomic E-state index is 0.155. The Morgan fingerprint density at radius 2 is 1.80 bits per heavy atom. The number of rotatable bonds is 10. The Labute approximate surface area is 124 Å². The van der Waals surface area contributed by atoms with Crippen molar-refractivity contribution in [2.75, 3.05) is 19.6 Å². The maximum Gasteiger partial charge on any atom is 0.0951 e. The molecule has 116 valence electrons. The highest BCUT2D eigenvalue weighted by atomic mass is 16.3. The Morgan fingerprint density at radius 3 is 2.20 bits per heavy atom. The number of hydrogen-bond acceptors (Lipinski definition) is 3. The maximum absolute atomic E-state index is 5.35. The molecule has 1 atom stereocenters. The number of hydrogen-bond donors (Lipinski definition) is 1. The largest absolute Gasteiger partial charge is 0.472 e. The maximum atomic E-state index is 5.35. The Hall–Kier alpha value is -0.800. The first-order valence-electron chi connectivity index (χ1n) is 8.20. The van der Waals surface area contributed by atoms with Crippen molar-refractivity contribution in [2.45, 2.75) is 65.5 Å². The van der Waals surface area contributed by atoms with Gasteiger partial charge in [-0.25, -0.2) is 0 Å². The van der Waals surface area contributed by atoms with Crippen LogP contribution in [0.5, 0.6) is 0 Å². The van der Waals surface area contributed by atoms with Crippen LogP contribution in [0, 0.1) is 0 Å². The van der Waals surface area contributed by atoms with Gasteiger partial charge >= 0.3 is 0 Å². The van der Waals surface area contributed by atoms with E-state index in [4.69, 9.17) is 4.42 Å². The summed E-state index contributed by atoms with van der Waals surface area (Å²) in [6.07, 6.45) is 7.11. The highest BCUT2D eigenvalue weighted by Gasteiger charge is 2.40. The highest BCUT2D eigenvalue weighted by molar-refractivity contribution is 5.19. The lowest BCUT2D eigenvalue weighted by Crippen LogP contribution is -2.56. The van der Waals surface area contributed by atoms with Gasteiger partial charge in [0.25, 0.3) is 0 Å². The fourth-order valence-corrected chi connectivity index (χ4v) is 3.49. The van der Waals surface area contributed by atoms with E-state index in [0.717, 1.165) is 38.9 Å². The molecule has 3 nitrogen and oxygen atoms in total. The van der Waals surface area contributed by atoms with Gasteiger partial charge in [0.1, 0.15) is 0 Å². The van der Waals surface area contributed by atoms with E-state index in [9.17, 15) is 0 Å². The molecule has 0 saturated carbocycles. The first kappa shape index (κ1) is 17.3. The topological polar surface area (TPSA) is 28.4 Å². The molecular formula is C17H32N2O. The SMILES string of the molecule is CCCNC(c1ccoc1)C(CC)(CC)N(CC)CC. The minimum Gasteiger partial charge on any atom is -0.472 e. The molecule has 1 unspecified atom stereocenters. The lowest BCUT2D eigenvalue weighted by atomic mass is 9.79. The Bertz CT molecular complexity index is 340. The van der Waals surface area contributed by atoms with Gasteiger partial charge in [-0.1, -0.05) is 34.6 Å². The zero-order chi connectivity index (χ0) is 15.0. The van der Waals surface area contributed by atoms with Crippen LogP contribution in [0.4, 0.5) is 0 Å². The third kappa shape index (κ3) is 3.44.